The number of amides is 1. The Morgan fingerprint density at radius 3 is 2.65 bits per heavy atom. The topological polar surface area (TPSA) is 33.5 Å². The van der Waals surface area contributed by atoms with Crippen molar-refractivity contribution in [1.82, 2.24) is 4.90 Å². The second kappa shape index (κ2) is 7.29. The summed E-state index contributed by atoms with van der Waals surface area (Å²) in [5.41, 5.74) is 1.18. The summed E-state index contributed by atoms with van der Waals surface area (Å²) in [6.07, 6.45) is 3.42. The summed E-state index contributed by atoms with van der Waals surface area (Å²) in [5, 5.41) is 4.14. The summed E-state index contributed by atoms with van der Waals surface area (Å²) in [6.45, 7) is 5.33. The third-order valence-corrected chi connectivity index (χ3v) is 4.26. The Hall–Kier alpha value is -1.55. The zero-order valence-electron chi connectivity index (χ0n) is 12.0. The number of carbonyl (C=O) groups is 1. The molecule has 1 amide bonds. The van der Waals surface area contributed by atoms with E-state index < -0.39 is 0 Å². The number of furan rings is 1. The van der Waals surface area contributed by atoms with Crippen molar-refractivity contribution in [2.24, 2.45) is 5.92 Å². The quantitative estimate of drug-likeness (QED) is 0.761. The average molecular weight is 291 g/mol. The van der Waals surface area contributed by atoms with Gasteiger partial charge >= 0.3 is 0 Å². The first-order valence-corrected chi connectivity index (χ1v) is 8.01. The van der Waals surface area contributed by atoms with Crippen molar-refractivity contribution < 1.29 is 9.21 Å². The first kappa shape index (κ1) is 14.9. The number of thiophene rings is 1. The molecule has 0 bridgehead atoms. The van der Waals surface area contributed by atoms with E-state index in [1.54, 1.807) is 17.6 Å². The van der Waals surface area contributed by atoms with Crippen molar-refractivity contribution in [2.45, 2.75) is 39.8 Å². The van der Waals surface area contributed by atoms with Crippen LogP contribution in [0.5, 0.6) is 0 Å². The van der Waals surface area contributed by atoms with Crippen molar-refractivity contribution in [3.63, 3.8) is 0 Å². The molecule has 0 spiro atoms. The lowest BCUT2D eigenvalue weighted by Crippen LogP contribution is -2.34. The zero-order chi connectivity index (χ0) is 14.4. The van der Waals surface area contributed by atoms with Gasteiger partial charge in [0, 0.05) is 12.5 Å². The maximum absolute atomic E-state index is 12.6. The SMILES string of the molecule is CCC(CC)C(=O)N(Cc1ccsc1)Cc1ccco1. The molecule has 0 radical (unpaired) electrons. The smallest absolute Gasteiger partial charge is 0.226 e. The van der Waals surface area contributed by atoms with Crippen LogP contribution in [0.1, 0.15) is 38.0 Å². The van der Waals surface area contributed by atoms with E-state index in [0.29, 0.717) is 13.1 Å². The Bertz CT molecular complexity index is 464. The lowest BCUT2D eigenvalue weighted by molar-refractivity contribution is -0.137. The molecule has 0 fully saturated rings. The molecule has 0 atom stereocenters. The lowest BCUT2D eigenvalue weighted by Gasteiger charge is -2.25. The van der Waals surface area contributed by atoms with Gasteiger partial charge in [-0.05, 0) is 47.4 Å². The molecule has 0 saturated heterocycles. The van der Waals surface area contributed by atoms with E-state index in [2.05, 4.69) is 25.3 Å². The molecule has 20 heavy (non-hydrogen) atoms. The molecule has 0 unspecified atom stereocenters. The van der Waals surface area contributed by atoms with Crippen molar-refractivity contribution in [2.75, 3.05) is 0 Å². The summed E-state index contributed by atoms with van der Waals surface area (Å²) in [4.78, 5) is 14.5. The third kappa shape index (κ3) is 3.73. The maximum Gasteiger partial charge on any atom is 0.226 e. The second-order valence-electron chi connectivity index (χ2n) is 4.92. The molecule has 0 aliphatic heterocycles. The molecule has 3 nitrogen and oxygen atoms in total. The Kier molecular flexibility index (Phi) is 5.41. The number of nitrogens with zero attached hydrogens (tertiary/aromatic N) is 1. The highest BCUT2D eigenvalue weighted by Crippen LogP contribution is 2.18. The minimum absolute atomic E-state index is 0.101. The summed E-state index contributed by atoms with van der Waals surface area (Å²) in [7, 11) is 0. The fourth-order valence-electron chi connectivity index (χ4n) is 2.30. The van der Waals surface area contributed by atoms with Gasteiger partial charge in [-0.25, -0.2) is 0 Å². The van der Waals surface area contributed by atoms with Crippen LogP contribution >= 0.6 is 11.3 Å². The van der Waals surface area contributed by atoms with Gasteiger partial charge in [-0.15, -0.1) is 0 Å². The van der Waals surface area contributed by atoms with Crippen LogP contribution in [-0.4, -0.2) is 10.8 Å². The molecule has 0 aromatic carbocycles. The highest BCUT2D eigenvalue weighted by atomic mass is 32.1. The Morgan fingerprint density at radius 1 is 1.30 bits per heavy atom. The van der Waals surface area contributed by atoms with E-state index in [1.165, 1.54) is 5.56 Å². The molecular weight excluding hydrogens is 270 g/mol. The molecule has 2 aromatic rings. The first-order chi connectivity index (χ1) is 9.74. The molecule has 0 N–H and O–H groups in total. The number of hydrogen-bond donors (Lipinski definition) is 0. The van der Waals surface area contributed by atoms with Gasteiger partial charge in [0.2, 0.25) is 5.91 Å². The first-order valence-electron chi connectivity index (χ1n) is 7.06. The van der Waals surface area contributed by atoms with Crippen LogP contribution in [0.25, 0.3) is 0 Å². The van der Waals surface area contributed by atoms with Gasteiger partial charge in [-0.3, -0.25) is 4.79 Å². The van der Waals surface area contributed by atoms with Crippen LogP contribution in [0.2, 0.25) is 0 Å². The van der Waals surface area contributed by atoms with Gasteiger partial charge in [0.15, 0.2) is 0 Å². The van der Waals surface area contributed by atoms with Gasteiger partial charge in [0.1, 0.15) is 5.76 Å². The predicted octanol–water partition coefficient (Wildman–Crippen LogP) is 4.31. The number of hydrogen-bond acceptors (Lipinski definition) is 3. The van der Waals surface area contributed by atoms with Gasteiger partial charge < -0.3 is 9.32 Å². The van der Waals surface area contributed by atoms with Gasteiger partial charge in [0.05, 0.1) is 12.8 Å². The normalized spacial score (nSPS) is 10.9. The third-order valence-electron chi connectivity index (χ3n) is 3.53. The highest BCUT2D eigenvalue weighted by Gasteiger charge is 2.22. The van der Waals surface area contributed by atoms with E-state index >= 15 is 0 Å². The molecule has 2 aromatic heterocycles. The second-order valence-corrected chi connectivity index (χ2v) is 5.70. The van der Waals surface area contributed by atoms with Crippen molar-refractivity contribution in [1.29, 1.82) is 0 Å². The van der Waals surface area contributed by atoms with Crippen LogP contribution in [0.3, 0.4) is 0 Å². The Morgan fingerprint density at radius 2 is 2.10 bits per heavy atom. The average Bonchev–Trinajstić information content (AvgIpc) is 3.12. The van der Waals surface area contributed by atoms with Crippen LogP contribution < -0.4 is 0 Å². The summed E-state index contributed by atoms with van der Waals surface area (Å²) in [5.74, 6) is 1.15. The molecule has 108 valence electrons. The van der Waals surface area contributed by atoms with Gasteiger partial charge in [-0.2, -0.15) is 11.3 Å². The molecular formula is C16H21NO2S. The minimum Gasteiger partial charge on any atom is -0.467 e. The lowest BCUT2D eigenvalue weighted by atomic mass is 10.0. The number of rotatable bonds is 7. The van der Waals surface area contributed by atoms with Crippen molar-refractivity contribution in [3.8, 4) is 0 Å². The van der Waals surface area contributed by atoms with Crippen LogP contribution in [0.15, 0.2) is 39.6 Å². The fourth-order valence-corrected chi connectivity index (χ4v) is 2.96. The molecule has 2 rings (SSSR count). The Balaban J connectivity index is 2.12. The van der Waals surface area contributed by atoms with Gasteiger partial charge in [-0.1, -0.05) is 13.8 Å². The van der Waals surface area contributed by atoms with Gasteiger partial charge in [0.25, 0.3) is 0 Å². The van der Waals surface area contributed by atoms with E-state index in [1.807, 2.05) is 22.4 Å². The van der Waals surface area contributed by atoms with Crippen LogP contribution in [-0.2, 0) is 17.9 Å². The Labute approximate surface area is 124 Å². The number of carbonyl (C=O) groups excluding carboxylic acids is 1. The van der Waals surface area contributed by atoms with Crippen LogP contribution in [0, 0.1) is 5.92 Å². The maximum atomic E-state index is 12.6. The zero-order valence-corrected chi connectivity index (χ0v) is 12.9. The molecule has 2 heterocycles. The van der Waals surface area contributed by atoms with E-state index in [4.69, 9.17) is 4.42 Å². The minimum atomic E-state index is 0.101. The predicted molar refractivity (Wildman–Crippen MR) is 81.4 cm³/mol. The summed E-state index contributed by atoms with van der Waals surface area (Å²) < 4.78 is 5.39. The van der Waals surface area contributed by atoms with Crippen molar-refractivity contribution >= 4 is 17.2 Å². The standard InChI is InChI=1S/C16H21NO2S/c1-3-14(4-2)16(18)17(10-13-7-9-20-12-13)11-15-6-5-8-19-15/h5-9,12,14H,3-4,10-11H2,1-2H3. The molecule has 0 aliphatic rings. The van der Waals surface area contributed by atoms with E-state index in [9.17, 15) is 4.79 Å². The summed E-state index contributed by atoms with van der Waals surface area (Å²) in [6, 6.07) is 5.85. The van der Waals surface area contributed by atoms with E-state index in [-0.39, 0.29) is 11.8 Å². The van der Waals surface area contributed by atoms with E-state index in [0.717, 1.165) is 18.6 Å². The van der Waals surface area contributed by atoms with Crippen molar-refractivity contribution in [3.05, 3.63) is 46.5 Å². The molecule has 0 saturated carbocycles. The highest BCUT2D eigenvalue weighted by molar-refractivity contribution is 7.07. The monoisotopic (exact) mass is 291 g/mol. The fraction of sp³-hybridized carbons (Fsp3) is 0.438. The molecule has 0 aliphatic carbocycles. The summed E-state index contributed by atoms with van der Waals surface area (Å²) >= 11 is 1.66. The molecule has 4 heteroatoms. The van der Waals surface area contributed by atoms with Crippen LogP contribution in [0.4, 0.5) is 0 Å². The largest absolute Gasteiger partial charge is 0.467 e.